The first-order valence-electron chi connectivity index (χ1n) is 9.96. The Hall–Kier alpha value is -1.71. The molecule has 1 aliphatic heterocycles. The van der Waals surface area contributed by atoms with E-state index in [9.17, 15) is 4.57 Å². The Morgan fingerprint density at radius 2 is 2.13 bits per heavy atom. The SMILES string of the molecule is CCOP(=O)(CC/C(=C\n1cnc2c(Cl)nc(N)nc21)O[C@@H]1CCCCO1)OCC. The number of fused-ring (bicyclic) bond motifs is 1. The molecule has 0 amide bonds. The first kappa shape index (κ1) is 23.0. The van der Waals surface area contributed by atoms with Crippen LogP contribution in [0.3, 0.4) is 0 Å². The van der Waals surface area contributed by atoms with Gasteiger partial charge in [-0.25, -0.2) is 4.98 Å². The number of nitrogens with zero attached hydrogens (tertiary/aromatic N) is 4. The molecule has 2 aromatic rings. The van der Waals surface area contributed by atoms with Gasteiger partial charge in [-0.2, -0.15) is 9.97 Å². The normalized spacial score (nSPS) is 18.1. The van der Waals surface area contributed by atoms with Crippen molar-refractivity contribution in [1.82, 2.24) is 19.5 Å². The van der Waals surface area contributed by atoms with E-state index in [4.69, 9.17) is 35.9 Å². The van der Waals surface area contributed by atoms with Crippen LogP contribution < -0.4 is 5.73 Å². The standard InChI is InChI=1S/C18H27ClN5O5P/c1-3-27-30(25,28-4-2)10-8-13(29-14-7-5-6-9-26-14)11-24-12-21-15-16(19)22-18(20)23-17(15)24/h11-12,14H,3-10H2,1-2H3,(H2,20,22,23)/b13-11+/t14-/m1/s1. The maximum atomic E-state index is 12.9. The Bertz CT molecular complexity index is 921. The minimum Gasteiger partial charge on any atom is -0.468 e. The van der Waals surface area contributed by atoms with E-state index in [0.717, 1.165) is 19.3 Å². The lowest BCUT2D eigenvalue weighted by atomic mass is 10.2. The summed E-state index contributed by atoms with van der Waals surface area (Å²) in [5, 5.41) is 0.167. The molecule has 2 aromatic heterocycles. The summed E-state index contributed by atoms with van der Waals surface area (Å²) in [5.41, 5.74) is 6.59. The maximum Gasteiger partial charge on any atom is 0.331 e. The van der Waals surface area contributed by atoms with E-state index in [1.54, 1.807) is 30.9 Å². The highest BCUT2D eigenvalue weighted by molar-refractivity contribution is 7.53. The van der Waals surface area contributed by atoms with E-state index in [1.165, 1.54) is 0 Å². The molecule has 0 bridgehead atoms. The number of hydrogen-bond donors (Lipinski definition) is 1. The molecule has 0 saturated carbocycles. The largest absolute Gasteiger partial charge is 0.468 e. The zero-order valence-electron chi connectivity index (χ0n) is 17.1. The molecule has 0 unspecified atom stereocenters. The van der Waals surface area contributed by atoms with Gasteiger partial charge in [-0.3, -0.25) is 9.13 Å². The van der Waals surface area contributed by atoms with Crippen LogP contribution in [-0.2, 0) is 23.1 Å². The summed E-state index contributed by atoms with van der Waals surface area (Å²) in [6.45, 7) is 4.79. The summed E-state index contributed by atoms with van der Waals surface area (Å²) in [6.07, 6.45) is 6.14. The Morgan fingerprint density at radius 3 is 2.80 bits per heavy atom. The van der Waals surface area contributed by atoms with Gasteiger partial charge in [-0.05, 0) is 26.7 Å². The van der Waals surface area contributed by atoms with Crippen molar-refractivity contribution in [2.75, 3.05) is 31.7 Å². The van der Waals surface area contributed by atoms with Crippen LogP contribution in [0.5, 0.6) is 0 Å². The molecule has 0 aliphatic carbocycles. The number of allylic oxidation sites excluding steroid dienone is 1. The number of rotatable bonds is 10. The zero-order chi connectivity index (χ0) is 21.6. The average Bonchev–Trinajstić information content (AvgIpc) is 3.10. The van der Waals surface area contributed by atoms with Crippen molar-refractivity contribution in [3.63, 3.8) is 0 Å². The van der Waals surface area contributed by atoms with Gasteiger partial charge in [-0.1, -0.05) is 11.6 Å². The molecule has 3 rings (SSSR count). The third kappa shape index (κ3) is 5.92. The second-order valence-electron chi connectivity index (χ2n) is 6.63. The molecule has 166 valence electrons. The molecule has 0 radical (unpaired) electrons. The van der Waals surface area contributed by atoms with Crippen LogP contribution in [0.1, 0.15) is 39.5 Å². The number of ether oxygens (including phenoxy) is 2. The molecule has 2 N–H and O–H groups in total. The fourth-order valence-electron chi connectivity index (χ4n) is 3.08. The van der Waals surface area contributed by atoms with E-state index in [0.29, 0.717) is 43.2 Å². The molecule has 1 fully saturated rings. The Kier molecular flexibility index (Phi) is 8.07. The van der Waals surface area contributed by atoms with Gasteiger partial charge in [0.25, 0.3) is 0 Å². The summed E-state index contributed by atoms with van der Waals surface area (Å²) in [4.78, 5) is 12.4. The summed E-state index contributed by atoms with van der Waals surface area (Å²) < 4.78 is 37.1. The number of nitrogens with two attached hydrogens (primary N) is 1. The van der Waals surface area contributed by atoms with Crippen molar-refractivity contribution in [3.05, 3.63) is 17.2 Å². The monoisotopic (exact) mass is 459 g/mol. The van der Waals surface area contributed by atoms with Gasteiger partial charge < -0.3 is 24.3 Å². The second-order valence-corrected chi connectivity index (χ2v) is 9.17. The van der Waals surface area contributed by atoms with E-state index < -0.39 is 7.60 Å². The van der Waals surface area contributed by atoms with Crippen molar-refractivity contribution >= 4 is 42.5 Å². The van der Waals surface area contributed by atoms with Gasteiger partial charge in [0, 0.05) is 19.0 Å². The highest BCUT2D eigenvalue weighted by Crippen LogP contribution is 2.49. The second kappa shape index (κ2) is 10.5. The lowest BCUT2D eigenvalue weighted by molar-refractivity contribution is -0.139. The van der Waals surface area contributed by atoms with Gasteiger partial charge >= 0.3 is 7.60 Å². The summed E-state index contributed by atoms with van der Waals surface area (Å²) in [5.74, 6) is 0.576. The minimum atomic E-state index is -3.23. The van der Waals surface area contributed by atoms with Crippen LogP contribution in [0, 0.1) is 0 Å². The van der Waals surface area contributed by atoms with Crippen LogP contribution in [0.25, 0.3) is 17.4 Å². The van der Waals surface area contributed by atoms with Crippen LogP contribution in [-0.4, -0.2) is 51.8 Å². The Balaban J connectivity index is 1.88. The van der Waals surface area contributed by atoms with Crippen molar-refractivity contribution in [2.45, 2.75) is 45.8 Å². The predicted molar refractivity (Wildman–Crippen MR) is 114 cm³/mol. The van der Waals surface area contributed by atoms with E-state index >= 15 is 0 Å². The van der Waals surface area contributed by atoms with Crippen molar-refractivity contribution in [1.29, 1.82) is 0 Å². The molecule has 1 saturated heterocycles. The first-order valence-corrected chi connectivity index (χ1v) is 12.1. The number of hydrogen-bond acceptors (Lipinski definition) is 9. The number of anilines is 1. The summed E-state index contributed by atoms with van der Waals surface area (Å²) >= 11 is 6.11. The van der Waals surface area contributed by atoms with Crippen molar-refractivity contribution in [2.24, 2.45) is 0 Å². The smallest absolute Gasteiger partial charge is 0.331 e. The molecule has 0 spiro atoms. The van der Waals surface area contributed by atoms with Crippen molar-refractivity contribution < 1.29 is 23.1 Å². The van der Waals surface area contributed by atoms with E-state index in [-0.39, 0.29) is 23.6 Å². The van der Waals surface area contributed by atoms with Crippen LogP contribution in [0.2, 0.25) is 5.15 Å². The average molecular weight is 460 g/mol. The Morgan fingerprint density at radius 1 is 1.37 bits per heavy atom. The van der Waals surface area contributed by atoms with Gasteiger partial charge in [0.1, 0.15) is 17.6 Å². The van der Waals surface area contributed by atoms with E-state index in [2.05, 4.69) is 15.0 Å². The summed E-state index contributed by atoms with van der Waals surface area (Å²) in [7, 11) is -3.23. The van der Waals surface area contributed by atoms with Crippen LogP contribution in [0.4, 0.5) is 5.95 Å². The van der Waals surface area contributed by atoms with Crippen molar-refractivity contribution in [3.8, 4) is 0 Å². The highest BCUT2D eigenvalue weighted by Gasteiger charge is 2.25. The fraction of sp³-hybridized carbons (Fsp3) is 0.611. The van der Waals surface area contributed by atoms with Gasteiger partial charge in [0.15, 0.2) is 17.1 Å². The number of halogens is 1. The topological polar surface area (TPSA) is 124 Å². The molecular formula is C18H27ClN5O5P. The predicted octanol–water partition coefficient (Wildman–Crippen LogP) is 4.06. The molecule has 3 heterocycles. The fourth-order valence-corrected chi connectivity index (χ4v) is 4.91. The number of aromatic nitrogens is 4. The minimum absolute atomic E-state index is 0.0397. The van der Waals surface area contributed by atoms with E-state index in [1.807, 2.05) is 0 Å². The molecule has 30 heavy (non-hydrogen) atoms. The summed E-state index contributed by atoms with van der Waals surface area (Å²) in [6, 6.07) is 0. The highest BCUT2D eigenvalue weighted by atomic mass is 35.5. The molecule has 12 heteroatoms. The number of nitrogen functional groups attached to an aromatic ring is 1. The Labute approximate surface area is 180 Å². The first-order chi connectivity index (χ1) is 14.4. The lowest BCUT2D eigenvalue weighted by Gasteiger charge is -2.25. The van der Waals surface area contributed by atoms with Gasteiger partial charge in [0.2, 0.25) is 5.95 Å². The molecule has 10 nitrogen and oxygen atoms in total. The lowest BCUT2D eigenvalue weighted by Crippen LogP contribution is -2.22. The molecular weight excluding hydrogens is 433 g/mol. The maximum absolute atomic E-state index is 12.9. The molecule has 1 aliphatic rings. The molecule has 0 aromatic carbocycles. The third-order valence-electron chi connectivity index (χ3n) is 4.38. The van der Waals surface area contributed by atoms with Gasteiger partial charge in [-0.15, -0.1) is 0 Å². The van der Waals surface area contributed by atoms with Crippen LogP contribution in [0.15, 0.2) is 12.1 Å². The zero-order valence-corrected chi connectivity index (χ0v) is 18.8. The number of imidazole rings is 1. The molecule has 1 atom stereocenters. The van der Waals surface area contributed by atoms with Crippen LogP contribution >= 0.6 is 19.2 Å². The third-order valence-corrected chi connectivity index (χ3v) is 6.72. The quantitative estimate of drug-likeness (QED) is 0.318. The van der Waals surface area contributed by atoms with Gasteiger partial charge in [0.05, 0.1) is 26.0 Å².